The molecule has 3 rings (SSSR count). The van der Waals surface area contributed by atoms with Crippen LogP contribution in [0.25, 0.3) is 0 Å². The van der Waals surface area contributed by atoms with Gasteiger partial charge in [-0.15, -0.1) is 0 Å². The number of carbonyl (C=O) groups excluding carboxylic acids is 2. The lowest BCUT2D eigenvalue weighted by Crippen LogP contribution is -2.47. The first kappa shape index (κ1) is 27.5. The van der Waals surface area contributed by atoms with Crippen molar-refractivity contribution in [3.05, 3.63) is 76.6 Å². The van der Waals surface area contributed by atoms with Crippen LogP contribution in [0, 0.1) is 13.8 Å². The SMILES string of the molecule is CCC(C(=O)Nc1ccc(N(C)C)cc1)N(Cc1ccc(Cl)cc1)C(=O)CSc1nc(C)cc(C)n1. The molecular weight excluding hydrogens is 494 g/mol. The Labute approximate surface area is 222 Å². The van der Waals surface area contributed by atoms with E-state index in [1.807, 2.05) is 82.2 Å². The zero-order chi connectivity index (χ0) is 26.2. The van der Waals surface area contributed by atoms with Crippen LogP contribution in [0.2, 0.25) is 5.02 Å². The first-order valence-corrected chi connectivity index (χ1v) is 13.1. The molecule has 7 nitrogen and oxygen atoms in total. The second-order valence-corrected chi connectivity index (χ2v) is 10.1. The van der Waals surface area contributed by atoms with Crippen LogP contribution in [-0.2, 0) is 16.1 Å². The fraction of sp³-hybridized carbons (Fsp3) is 0.333. The molecule has 2 amide bonds. The number of thioether (sulfide) groups is 1. The van der Waals surface area contributed by atoms with E-state index in [0.29, 0.717) is 22.3 Å². The zero-order valence-corrected chi connectivity index (χ0v) is 22.9. The Morgan fingerprint density at radius 3 is 2.17 bits per heavy atom. The molecule has 0 saturated carbocycles. The van der Waals surface area contributed by atoms with Gasteiger partial charge in [-0.3, -0.25) is 9.59 Å². The van der Waals surface area contributed by atoms with Gasteiger partial charge in [0.05, 0.1) is 5.75 Å². The summed E-state index contributed by atoms with van der Waals surface area (Å²) in [5.41, 5.74) is 4.30. The fourth-order valence-corrected chi connectivity index (χ4v) is 4.70. The van der Waals surface area contributed by atoms with Crippen LogP contribution in [0.3, 0.4) is 0 Å². The van der Waals surface area contributed by atoms with E-state index in [2.05, 4.69) is 15.3 Å². The molecule has 1 aromatic heterocycles. The Bertz CT molecular complexity index is 1170. The van der Waals surface area contributed by atoms with Crippen LogP contribution in [0.15, 0.2) is 59.8 Å². The molecule has 0 aliphatic rings. The van der Waals surface area contributed by atoms with Gasteiger partial charge in [-0.25, -0.2) is 9.97 Å². The maximum atomic E-state index is 13.5. The van der Waals surface area contributed by atoms with Gasteiger partial charge >= 0.3 is 0 Å². The van der Waals surface area contributed by atoms with E-state index in [-0.39, 0.29) is 24.1 Å². The lowest BCUT2D eigenvalue weighted by Gasteiger charge is -2.30. The number of halogens is 1. The summed E-state index contributed by atoms with van der Waals surface area (Å²) in [4.78, 5) is 39.3. The number of benzene rings is 2. The number of amides is 2. The molecule has 9 heteroatoms. The van der Waals surface area contributed by atoms with E-state index >= 15 is 0 Å². The molecule has 0 bridgehead atoms. The molecule has 1 atom stereocenters. The highest BCUT2D eigenvalue weighted by Gasteiger charge is 2.29. The predicted molar refractivity (Wildman–Crippen MR) is 148 cm³/mol. The summed E-state index contributed by atoms with van der Waals surface area (Å²) in [7, 11) is 3.92. The molecule has 36 heavy (non-hydrogen) atoms. The summed E-state index contributed by atoms with van der Waals surface area (Å²) in [5, 5.41) is 4.14. The standard InChI is InChI=1S/C27H32ClN5O2S/c1-6-24(26(35)31-22-11-13-23(14-12-22)32(4)5)33(16-20-7-9-21(28)10-8-20)25(34)17-36-27-29-18(2)15-19(3)30-27/h7-15,24H,6,16-17H2,1-5H3,(H,31,35). The number of aryl methyl sites for hydroxylation is 2. The Kier molecular flexibility index (Phi) is 9.73. The molecule has 3 aromatic rings. The van der Waals surface area contributed by atoms with Crippen molar-refractivity contribution in [1.29, 1.82) is 0 Å². The number of aromatic nitrogens is 2. The molecule has 1 unspecified atom stereocenters. The van der Waals surface area contributed by atoms with Gasteiger partial charge < -0.3 is 15.1 Å². The molecule has 0 radical (unpaired) electrons. The van der Waals surface area contributed by atoms with Crippen molar-refractivity contribution in [2.24, 2.45) is 0 Å². The summed E-state index contributed by atoms with van der Waals surface area (Å²) in [5.74, 6) is -0.273. The number of carbonyl (C=O) groups is 2. The summed E-state index contributed by atoms with van der Waals surface area (Å²) >= 11 is 7.33. The van der Waals surface area contributed by atoms with Gasteiger partial charge in [0.15, 0.2) is 5.16 Å². The molecule has 0 spiro atoms. The molecule has 1 heterocycles. The van der Waals surface area contributed by atoms with Crippen molar-refractivity contribution in [2.75, 3.05) is 30.1 Å². The topological polar surface area (TPSA) is 78.4 Å². The number of anilines is 2. The Morgan fingerprint density at radius 2 is 1.61 bits per heavy atom. The number of hydrogen-bond acceptors (Lipinski definition) is 6. The van der Waals surface area contributed by atoms with E-state index in [1.54, 1.807) is 17.0 Å². The van der Waals surface area contributed by atoms with E-state index in [9.17, 15) is 9.59 Å². The Hall–Kier alpha value is -3.10. The fourth-order valence-electron chi connectivity index (χ4n) is 3.74. The van der Waals surface area contributed by atoms with Gasteiger partial charge in [-0.05, 0) is 68.3 Å². The van der Waals surface area contributed by atoms with E-state index in [1.165, 1.54) is 11.8 Å². The van der Waals surface area contributed by atoms with Crippen molar-refractivity contribution in [1.82, 2.24) is 14.9 Å². The van der Waals surface area contributed by atoms with Crippen molar-refractivity contribution >= 4 is 46.6 Å². The molecule has 0 aliphatic carbocycles. The number of nitrogens with zero attached hydrogens (tertiary/aromatic N) is 4. The highest BCUT2D eigenvalue weighted by atomic mass is 35.5. The third-order valence-electron chi connectivity index (χ3n) is 5.59. The summed E-state index contributed by atoms with van der Waals surface area (Å²) in [6, 6.07) is 16.1. The predicted octanol–water partition coefficient (Wildman–Crippen LogP) is 5.35. The summed E-state index contributed by atoms with van der Waals surface area (Å²) < 4.78 is 0. The van der Waals surface area contributed by atoms with Gasteiger partial charge in [0.1, 0.15) is 6.04 Å². The molecule has 0 aliphatic heterocycles. The quantitative estimate of drug-likeness (QED) is 0.284. The van der Waals surface area contributed by atoms with Crippen LogP contribution in [0.4, 0.5) is 11.4 Å². The van der Waals surface area contributed by atoms with Gasteiger partial charge in [-0.1, -0.05) is 42.4 Å². The largest absolute Gasteiger partial charge is 0.378 e. The lowest BCUT2D eigenvalue weighted by atomic mass is 10.1. The van der Waals surface area contributed by atoms with E-state index in [0.717, 1.165) is 22.6 Å². The maximum absolute atomic E-state index is 13.5. The first-order chi connectivity index (χ1) is 17.2. The number of nitrogens with one attached hydrogen (secondary N) is 1. The highest BCUT2D eigenvalue weighted by molar-refractivity contribution is 7.99. The third-order valence-corrected chi connectivity index (χ3v) is 6.67. The second kappa shape index (κ2) is 12.7. The molecule has 0 saturated heterocycles. The smallest absolute Gasteiger partial charge is 0.247 e. The van der Waals surface area contributed by atoms with Crippen LogP contribution in [0.5, 0.6) is 0 Å². The maximum Gasteiger partial charge on any atom is 0.247 e. The van der Waals surface area contributed by atoms with Crippen LogP contribution < -0.4 is 10.2 Å². The van der Waals surface area contributed by atoms with Crippen molar-refractivity contribution in [2.45, 2.75) is 44.9 Å². The second-order valence-electron chi connectivity index (χ2n) is 8.72. The third kappa shape index (κ3) is 7.70. The Morgan fingerprint density at radius 1 is 1.00 bits per heavy atom. The van der Waals surface area contributed by atoms with Crippen molar-refractivity contribution < 1.29 is 9.59 Å². The van der Waals surface area contributed by atoms with E-state index < -0.39 is 6.04 Å². The highest BCUT2D eigenvalue weighted by Crippen LogP contribution is 2.21. The minimum atomic E-state index is -0.650. The van der Waals surface area contributed by atoms with E-state index in [4.69, 9.17) is 11.6 Å². The molecule has 0 fully saturated rings. The van der Waals surface area contributed by atoms with Crippen LogP contribution >= 0.6 is 23.4 Å². The first-order valence-electron chi connectivity index (χ1n) is 11.7. The monoisotopic (exact) mass is 525 g/mol. The molecule has 2 aromatic carbocycles. The van der Waals surface area contributed by atoms with Gasteiger partial charge in [0.2, 0.25) is 11.8 Å². The normalized spacial score (nSPS) is 11.6. The average molecular weight is 526 g/mol. The zero-order valence-electron chi connectivity index (χ0n) is 21.3. The van der Waals surface area contributed by atoms with Crippen LogP contribution in [0.1, 0.15) is 30.3 Å². The average Bonchev–Trinajstić information content (AvgIpc) is 2.83. The van der Waals surface area contributed by atoms with Gasteiger partial charge in [-0.2, -0.15) is 0 Å². The minimum absolute atomic E-state index is 0.123. The Balaban J connectivity index is 1.80. The summed E-state index contributed by atoms with van der Waals surface area (Å²) in [6.45, 7) is 5.99. The minimum Gasteiger partial charge on any atom is -0.378 e. The summed E-state index contributed by atoms with van der Waals surface area (Å²) in [6.07, 6.45) is 0.464. The van der Waals surface area contributed by atoms with Crippen molar-refractivity contribution in [3.63, 3.8) is 0 Å². The molecule has 190 valence electrons. The molecule has 1 N–H and O–H groups in total. The van der Waals surface area contributed by atoms with Gasteiger partial charge in [0.25, 0.3) is 0 Å². The van der Waals surface area contributed by atoms with Gasteiger partial charge in [0, 0.05) is 48.4 Å². The molecular formula is C27H32ClN5O2S. The number of rotatable bonds is 10. The van der Waals surface area contributed by atoms with Crippen molar-refractivity contribution in [3.8, 4) is 0 Å². The number of hydrogen-bond donors (Lipinski definition) is 1. The lowest BCUT2D eigenvalue weighted by molar-refractivity contribution is -0.137. The van der Waals surface area contributed by atoms with Crippen LogP contribution in [-0.4, -0.2) is 52.6 Å².